The highest BCUT2D eigenvalue weighted by atomic mass is 19.4. The van der Waals surface area contributed by atoms with Crippen molar-refractivity contribution >= 4 is 0 Å². The first-order valence-electron chi connectivity index (χ1n) is 5.00. The lowest BCUT2D eigenvalue weighted by Gasteiger charge is -2.12. The molecule has 0 aromatic carbocycles. The van der Waals surface area contributed by atoms with E-state index in [0.29, 0.717) is 18.8 Å². The highest BCUT2D eigenvalue weighted by Crippen LogP contribution is 2.22. The van der Waals surface area contributed by atoms with Crippen LogP contribution in [0.5, 0.6) is 0 Å². The third-order valence-electron chi connectivity index (χ3n) is 2.10. The summed E-state index contributed by atoms with van der Waals surface area (Å²) >= 11 is 0. The quantitative estimate of drug-likeness (QED) is 0.785. The predicted molar refractivity (Wildman–Crippen MR) is 50.4 cm³/mol. The lowest BCUT2D eigenvalue weighted by atomic mass is 10.1. The molecule has 92 valence electrons. The Kier molecular flexibility index (Phi) is 4.66. The number of alkyl halides is 3. The van der Waals surface area contributed by atoms with Crippen LogP contribution >= 0.6 is 0 Å². The fraction of sp³-hybridized carbons (Fsp3) is 0.875. The lowest BCUT2D eigenvalue weighted by molar-refractivity contribution is -0.135. The van der Waals surface area contributed by atoms with Gasteiger partial charge in [-0.3, -0.25) is 0 Å². The highest BCUT2D eigenvalue weighted by molar-refractivity contribution is 4.76. The molecule has 1 aromatic heterocycles. The number of rotatable bonds is 6. The lowest BCUT2D eigenvalue weighted by Crippen LogP contribution is -2.26. The predicted octanol–water partition coefficient (Wildman–Crippen LogP) is 1.41. The van der Waals surface area contributed by atoms with E-state index < -0.39 is 12.6 Å². The Labute approximate surface area is 90.8 Å². The Bertz CT molecular complexity index is 284. The van der Waals surface area contributed by atoms with Gasteiger partial charge in [0.1, 0.15) is 0 Å². The van der Waals surface area contributed by atoms with Crippen molar-refractivity contribution in [2.45, 2.75) is 44.9 Å². The standard InChI is InChI=1S/C8H14F3N5/c1-6(3-2-4-8(9,10)11)12-5-7-13-15-16-14-7/h6,12H,2-5H2,1H3,(H,13,14,15,16). The summed E-state index contributed by atoms with van der Waals surface area (Å²) < 4.78 is 35.6. The van der Waals surface area contributed by atoms with Crippen molar-refractivity contribution in [2.24, 2.45) is 0 Å². The topological polar surface area (TPSA) is 66.5 Å². The molecule has 0 spiro atoms. The van der Waals surface area contributed by atoms with E-state index in [1.807, 2.05) is 6.92 Å². The van der Waals surface area contributed by atoms with E-state index in [2.05, 4.69) is 25.9 Å². The maximum atomic E-state index is 11.9. The van der Waals surface area contributed by atoms with Crippen molar-refractivity contribution in [3.8, 4) is 0 Å². The number of nitrogens with zero attached hydrogens (tertiary/aromatic N) is 3. The van der Waals surface area contributed by atoms with Gasteiger partial charge in [0.25, 0.3) is 0 Å². The molecule has 0 amide bonds. The van der Waals surface area contributed by atoms with E-state index in [0.717, 1.165) is 0 Å². The largest absolute Gasteiger partial charge is 0.389 e. The van der Waals surface area contributed by atoms with E-state index >= 15 is 0 Å². The molecule has 0 fully saturated rings. The van der Waals surface area contributed by atoms with Gasteiger partial charge < -0.3 is 5.32 Å². The van der Waals surface area contributed by atoms with Gasteiger partial charge in [0.15, 0.2) is 5.82 Å². The maximum Gasteiger partial charge on any atom is 0.389 e. The summed E-state index contributed by atoms with van der Waals surface area (Å²) in [5, 5.41) is 16.1. The average molecular weight is 237 g/mol. The molecule has 0 radical (unpaired) electrons. The van der Waals surface area contributed by atoms with Crippen LogP contribution in [-0.2, 0) is 6.54 Å². The van der Waals surface area contributed by atoms with Gasteiger partial charge in [-0.1, -0.05) is 5.21 Å². The van der Waals surface area contributed by atoms with Gasteiger partial charge in [-0.05, 0) is 19.8 Å². The molecule has 8 heteroatoms. The molecule has 16 heavy (non-hydrogen) atoms. The molecule has 1 rings (SSSR count). The van der Waals surface area contributed by atoms with Crippen LogP contribution in [0.1, 0.15) is 32.0 Å². The second-order valence-electron chi connectivity index (χ2n) is 3.62. The van der Waals surface area contributed by atoms with Gasteiger partial charge in [0.2, 0.25) is 0 Å². The third-order valence-corrected chi connectivity index (χ3v) is 2.10. The van der Waals surface area contributed by atoms with Crippen molar-refractivity contribution < 1.29 is 13.2 Å². The number of hydrogen-bond acceptors (Lipinski definition) is 4. The number of tetrazole rings is 1. The Balaban J connectivity index is 2.09. The molecule has 0 saturated heterocycles. The Morgan fingerprint density at radius 2 is 2.19 bits per heavy atom. The molecule has 2 N–H and O–H groups in total. The second kappa shape index (κ2) is 5.78. The molecular formula is C8H14F3N5. The zero-order valence-electron chi connectivity index (χ0n) is 8.88. The van der Waals surface area contributed by atoms with Crippen LogP contribution in [0.15, 0.2) is 0 Å². The normalized spacial score (nSPS) is 14.0. The summed E-state index contributed by atoms with van der Waals surface area (Å²) in [6.07, 6.45) is -4.20. The minimum Gasteiger partial charge on any atom is -0.307 e. The van der Waals surface area contributed by atoms with Crippen molar-refractivity contribution in [3.63, 3.8) is 0 Å². The van der Waals surface area contributed by atoms with Crippen LogP contribution in [0.3, 0.4) is 0 Å². The van der Waals surface area contributed by atoms with Crippen LogP contribution in [0.2, 0.25) is 0 Å². The minimum atomic E-state index is -4.06. The van der Waals surface area contributed by atoms with Gasteiger partial charge in [-0.2, -0.15) is 18.4 Å². The monoisotopic (exact) mass is 237 g/mol. The van der Waals surface area contributed by atoms with Gasteiger partial charge in [-0.25, -0.2) is 0 Å². The van der Waals surface area contributed by atoms with E-state index in [-0.39, 0.29) is 12.5 Å². The van der Waals surface area contributed by atoms with Crippen LogP contribution in [-0.4, -0.2) is 32.8 Å². The number of hydrogen-bond donors (Lipinski definition) is 2. The molecule has 1 heterocycles. The molecule has 0 aliphatic rings. The van der Waals surface area contributed by atoms with E-state index in [1.54, 1.807) is 0 Å². The summed E-state index contributed by atoms with van der Waals surface area (Å²) in [4.78, 5) is 0. The molecule has 0 aliphatic heterocycles. The van der Waals surface area contributed by atoms with Gasteiger partial charge >= 0.3 is 6.18 Å². The minimum absolute atomic E-state index is 0.000787. The molecule has 1 aromatic rings. The van der Waals surface area contributed by atoms with E-state index in [9.17, 15) is 13.2 Å². The molecule has 1 unspecified atom stereocenters. The van der Waals surface area contributed by atoms with Crippen LogP contribution in [0.25, 0.3) is 0 Å². The fourth-order valence-corrected chi connectivity index (χ4v) is 1.23. The van der Waals surface area contributed by atoms with Crippen molar-refractivity contribution in [1.29, 1.82) is 0 Å². The average Bonchev–Trinajstić information content (AvgIpc) is 2.65. The molecule has 0 bridgehead atoms. The van der Waals surface area contributed by atoms with Gasteiger partial charge in [-0.15, -0.1) is 10.2 Å². The maximum absolute atomic E-state index is 11.9. The molecule has 0 saturated carbocycles. The van der Waals surface area contributed by atoms with Gasteiger partial charge in [0, 0.05) is 12.5 Å². The molecular weight excluding hydrogens is 223 g/mol. The third kappa shape index (κ3) is 5.64. The first-order chi connectivity index (χ1) is 7.47. The van der Waals surface area contributed by atoms with Crippen LogP contribution < -0.4 is 5.32 Å². The number of H-pyrrole nitrogens is 1. The van der Waals surface area contributed by atoms with Gasteiger partial charge in [0.05, 0.1) is 6.54 Å². The van der Waals surface area contributed by atoms with E-state index in [1.165, 1.54) is 0 Å². The summed E-state index contributed by atoms with van der Waals surface area (Å²) in [5.41, 5.74) is 0. The Morgan fingerprint density at radius 3 is 2.75 bits per heavy atom. The first kappa shape index (κ1) is 12.9. The van der Waals surface area contributed by atoms with Crippen molar-refractivity contribution in [3.05, 3.63) is 5.82 Å². The zero-order valence-corrected chi connectivity index (χ0v) is 8.88. The molecule has 1 atom stereocenters. The number of halogens is 3. The van der Waals surface area contributed by atoms with Crippen LogP contribution in [0.4, 0.5) is 13.2 Å². The number of nitrogens with one attached hydrogen (secondary N) is 2. The Morgan fingerprint density at radius 1 is 1.44 bits per heavy atom. The molecule has 0 aliphatic carbocycles. The summed E-state index contributed by atoms with van der Waals surface area (Å²) in [7, 11) is 0. The molecule has 5 nitrogen and oxygen atoms in total. The fourth-order valence-electron chi connectivity index (χ4n) is 1.23. The zero-order chi connectivity index (χ0) is 12.0. The number of aromatic amines is 1. The van der Waals surface area contributed by atoms with E-state index in [4.69, 9.17) is 0 Å². The summed E-state index contributed by atoms with van der Waals surface area (Å²) in [6.45, 7) is 2.24. The SMILES string of the molecule is CC(CCCC(F)(F)F)NCc1nn[nH]n1. The smallest absolute Gasteiger partial charge is 0.307 e. The highest BCUT2D eigenvalue weighted by Gasteiger charge is 2.26. The van der Waals surface area contributed by atoms with Crippen LogP contribution in [0, 0.1) is 0 Å². The first-order valence-corrected chi connectivity index (χ1v) is 5.00. The number of aromatic nitrogens is 4. The summed E-state index contributed by atoms with van der Waals surface area (Å²) in [5.74, 6) is 0.502. The van der Waals surface area contributed by atoms with Crippen molar-refractivity contribution in [2.75, 3.05) is 0 Å². The van der Waals surface area contributed by atoms with Crippen molar-refractivity contribution in [1.82, 2.24) is 25.9 Å². The Hall–Kier alpha value is -1.18. The summed E-state index contributed by atoms with van der Waals surface area (Å²) in [6, 6.07) is 0.000787. The second-order valence-corrected chi connectivity index (χ2v) is 3.62.